The van der Waals surface area contributed by atoms with Crippen LogP contribution in [-0.4, -0.2) is 66.0 Å². The summed E-state index contributed by atoms with van der Waals surface area (Å²) in [6.45, 7) is 8.20. The fourth-order valence-corrected chi connectivity index (χ4v) is 4.77. The van der Waals surface area contributed by atoms with Crippen molar-refractivity contribution < 1.29 is 14.4 Å². The Morgan fingerprint density at radius 2 is 1.80 bits per heavy atom. The lowest BCUT2D eigenvalue weighted by Crippen LogP contribution is -2.27. The summed E-state index contributed by atoms with van der Waals surface area (Å²) in [6.07, 6.45) is 8.82. The van der Waals surface area contributed by atoms with Gasteiger partial charge in [0.15, 0.2) is 11.5 Å². The maximum absolute atomic E-state index is 13.1. The number of para-hydroxylation sites is 1. The molecule has 2 aromatic heterocycles. The highest BCUT2D eigenvalue weighted by Gasteiger charge is 2.30. The Morgan fingerprint density at radius 3 is 2.44 bits per heavy atom. The second-order valence-corrected chi connectivity index (χ2v) is 11.2. The van der Waals surface area contributed by atoms with E-state index < -0.39 is 5.91 Å². The van der Waals surface area contributed by atoms with Crippen LogP contribution in [0.3, 0.4) is 0 Å². The molecule has 0 saturated heterocycles. The molecule has 0 unspecified atom stereocenters. The molecule has 1 aliphatic carbocycles. The zero-order chi connectivity index (χ0) is 32.7. The molecular weight excluding hydrogens is 568 g/mol. The molecule has 3 amide bonds. The second kappa shape index (κ2) is 14.4. The molecule has 11 nitrogen and oxygen atoms in total. The number of allylic oxidation sites excluding steroid dienone is 4. The third kappa shape index (κ3) is 8.20. The minimum Gasteiger partial charge on any atom is -0.375 e. The summed E-state index contributed by atoms with van der Waals surface area (Å²) in [5.74, 6) is -0.406. The number of nitrogens with zero attached hydrogens (tertiary/aromatic N) is 5. The highest BCUT2D eigenvalue weighted by atomic mass is 16.2. The van der Waals surface area contributed by atoms with Gasteiger partial charge in [-0.2, -0.15) is 0 Å². The number of carbonyl (C=O) groups is 3. The Bertz CT molecular complexity index is 1670. The van der Waals surface area contributed by atoms with E-state index in [9.17, 15) is 14.4 Å². The van der Waals surface area contributed by atoms with Gasteiger partial charge >= 0.3 is 0 Å². The number of carbonyl (C=O) groups excluding carboxylic acids is 3. The SMILES string of the molecule is C=C/C(=C\C=C(/C)C(=O)N(C)Cc1cc(C)ccn1)c1cccc(Nc2cc(NC(=O)C3CC3)nnc2C(=O)NC)c1N(C)C. The van der Waals surface area contributed by atoms with Crippen LogP contribution in [-0.2, 0) is 16.1 Å². The normalized spacial score (nSPS) is 13.1. The first-order valence-electron chi connectivity index (χ1n) is 14.7. The van der Waals surface area contributed by atoms with Crippen LogP contribution in [0.4, 0.5) is 22.9 Å². The zero-order valence-electron chi connectivity index (χ0n) is 26.6. The predicted octanol–water partition coefficient (Wildman–Crippen LogP) is 4.87. The van der Waals surface area contributed by atoms with Crippen molar-refractivity contribution in [3.05, 3.63) is 95.5 Å². The van der Waals surface area contributed by atoms with Gasteiger partial charge < -0.3 is 25.8 Å². The number of hydrogen-bond donors (Lipinski definition) is 3. The van der Waals surface area contributed by atoms with Gasteiger partial charge in [0.05, 0.1) is 29.3 Å². The minimum absolute atomic E-state index is 0.0125. The van der Waals surface area contributed by atoms with Gasteiger partial charge in [0.1, 0.15) is 0 Å². The average molecular weight is 609 g/mol. The van der Waals surface area contributed by atoms with Crippen LogP contribution in [0.2, 0.25) is 0 Å². The van der Waals surface area contributed by atoms with Gasteiger partial charge in [-0.3, -0.25) is 19.4 Å². The first-order valence-corrected chi connectivity index (χ1v) is 14.7. The van der Waals surface area contributed by atoms with Crippen molar-refractivity contribution in [3.63, 3.8) is 0 Å². The number of anilines is 4. The van der Waals surface area contributed by atoms with Gasteiger partial charge in [0.25, 0.3) is 5.91 Å². The molecule has 234 valence electrons. The Labute approximate surface area is 264 Å². The van der Waals surface area contributed by atoms with Crippen molar-refractivity contribution in [1.82, 2.24) is 25.4 Å². The molecule has 1 fully saturated rings. The number of pyridine rings is 1. The van der Waals surface area contributed by atoms with Crippen molar-refractivity contribution in [3.8, 4) is 0 Å². The summed E-state index contributed by atoms with van der Waals surface area (Å²) in [5, 5.41) is 16.9. The maximum Gasteiger partial charge on any atom is 0.273 e. The molecule has 0 atom stereocenters. The van der Waals surface area contributed by atoms with E-state index in [0.717, 1.165) is 40.9 Å². The molecule has 0 radical (unpaired) electrons. The van der Waals surface area contributed by atoms with Gasteiger partial charge in [-0.25, -0.2) is 0 Å². The number of benzene rings is 1. The molecular formula is C34H40N8O3. The summed E-state index contributed by atoms with van der Waals surface area (Å²) in [7, 11) is 7.09. The van der Waals surface area contributed by atoms with Gasteiger partial charge in [-0.15, -0.1) is 10.2 Å². The molecule has 3 aromatic rings. The van der Waals surface area contributed by atoms with E-state index in [2.05, 4.69) is 37.7 Å². The zero-order valence-corrected chi connectivity index (χ0v) is 26.6. The van der Waals surface area contributed by atoms with Crippen LogP contribution in [0.5, 0.6) is 0 Å². The Balaban J connectivity index is 1.64. The molecule has 4 rings (SSSR count). The van der Waals surface area contributed by atoms with Crippen molar-refractivity contribution >= 4 is 46.2 Å². The van der Waals surface area contributed by atoms with E-state index in [-0.39, 0.29) is 29.2 Å². The van der Waals surface area contributed by atoms with Crippen LogP contribution >= 0.6 is 0 Å². The molecule has 2 heterocycles. The standard InChI is InChI=1S/C34H40N8O3/c1-8-23(13-12-22(3)34(45)42(7)20-25-18-21(2)16-17-36-25)26-10-9-11-27(31(26)41(5)6)37-28-19-29(38-32(43)24-14-15-24)39-40-30(28)33(44)35-4/h8-13,16-19,24H,1,14-15,20H2,2-7H3,(H,35,44)(H2,37,38,39,43)/b22-12+,23-13+. The highest BCUT2D eigenvalue weighted by molar-refractivity contribution is 6.01. The molecule has 1 aliphatic rings. The largest absolute Gasteiger partial charge is 0.375 e. The van der Waals surface area contributed by atoms with Gasteiger partial charge in [0.2, 0.25) is 11.8 Å². The van der Waals surface area contributed by atoms with Gasteiger partial charge in [-0.1, -0.05) is 36.9 Å². The smallest absolute Gasteiger partial charge is 0.273 e. The predicted molar refractivity (Wildman–Crippen MR) is 178 cm³/mol. The van der Waals surface area contributed by atoms with Crippen molar-refractivity contribution in [2.75, 3.05) is 43.7 Å². The van der Waals surface area contributed by atoms with E-state index in [0.29, 0.717) is 23.5 Å². The molecule has 1 aromatic carbocycles. The summed E-state index contributed by atoms with van der Waals surface area (Å²) < 4.78 is 0. The molecule has 0 aliphatic heterocycles. The summed E-state index contributed by atoms with van der Waals surface area (Å²) in [4.78, 5) is 46.1. The molecule has 45 heavy (non-hydrogen) atoms. The lowest BCUT2D eigenvalue weighted by Gasteiger charge is -2.23. The molecule has 1 saturated carbocycles. The van der Waals surface area contributed by atoms with Gasteiger partial charge in [-0.05, 0) is 56.0 Å². The number of rotatable bonds is 12. The Kier molecular flexibility index (Phi) is 10.5. The number of amides is 3. The fourth-order valence-electron chi connectivity index (χ4n) is 4.77. The van der Waals surface area contributed by atoms with E-state index in [1.165, 1.54) is 7.05 Å². The Morgan fingerprint density at radius 1 is 1.04 bits per heavy atom. The third-order valence-electron chi connectivity index (χ3n) is 7.29. The molecule has 0 spiro atoms. The van der Waals surface area contributed by atoms with Crippen LogP contribution in [0.15, 0.2) is 73.0 Å². The quantitative estimate of drug-likeness (QED) is 0.196. The van der Waals surface area contributed by atoms with Crippen molar-refractivity contribution in [1.29, 1.82) is 0 Å². The minimum atomic E-state index is -0.423. The van der Waals surface area contributed by atoms with Crippen LogP contribution in [0.1, 0.15) is 47.1 Å². The van der Waals surface area contributed by atoms with E-state index in [1.54, 1.807) is 43.3 Å². The van der Waals surface area contributed by atoms with Crippen molar-refractivity contribution in [2.45, 2.75) is 33.2 Å². The van der Waals surface area contributed by atoms with E-state index >= 15 is 0 Å². The number of hydrogen-bond acceptors (Lipinski definition) is 8. The van der Waals surface area contributed by atoms with Crippen LogP contribution in [0, 0.1) is 12.8 Å². The number of nitrogens with one attached hydrogen (secondary N) is 3. The average Bonchev–Trinajstić information content (AvgIpc) is 3.87. The highest BCUT2D eigenvalue weighted by Crippen LogP contribution is 2.37. The number of aromatic nitrogens is 3. The lowest BCUT2D eigenvalue weighted by molar-refractivity contribution is -0.126. The number of aryl methyl sites for hydroxylation is 1. The molecule has 11 heteroatoms. The van der Waals surface area contributed by atoms with Crippen LogP contribution in [0.25, 0.3) is 5.57 Å². The van der Waals surface area contributed by atoms with Crippen molar-refractivity contribution in [2.24, 2.45) is 5.92 Å². The first kappa shape index (κ1) is 32.6. The number of likely N-dealkylation sites (N-methyl/N-ethyl adjacent to an activating group) is 1. The summed E-state index contributed by atoms with van der Waals surface area (Å²) in [5.41, 5.74) is 6.06. The van der Waals surface area contributed by atoms with Crippen LogP contribution < -0.4 is 20.9 Å². The Hall–Kier alpha value is -5.32. The third-order valence-corrected chi connectivity index (χ3v) is 7.29. The van der Waals surface area contributed by atoms with E-state index in [4.69, 9.17) is 0 Å². The topological polar surface area (TPSA) is 132 Å². The van der Waals surface area contributed by atoms with Gasteiger partial charge in [0, 0.05) is 57.5 Å². The lowest BCUT2D eigenvalue weighted by atomic mass is 10.0. The fraction of sp³-hybridized carbons (Fsp3) is 0.294. The molecule has 0 bridgehead atoms. The second-order valence-electron chi connectivity index (χ2n) is 11.2. The first-order chi connectivity index (χ1) is 21.5. The summed E-state index contributed by atoms with van der Waals surface area (Å²) >= 11 is 0. The molecule has 3 N–H and O–H groups in total. The maximum atomic E-state index is 13.1. The van der Waals surface area contributed by atoms with E-state index in [1.807, 2.05) is 62.3 Å². The summed E-state index contributed by atoms with van der Waals surface area (Å²) in [6, 6.07) is 11.2. The monoisotopic (exact) mass is 608 g/mol.